The van der Waals surface area contributed by atoms with Gasteiger partial charge in [0.15, 0.2) is 0 Å². The Bertz CT molecular complexity index is 1190. The van der Waals surface area contributed by atoms with Gasteiger partial charge in [0.1, 0.15) is 11.0 Å². The fourth-order valence-electron chi connectivity index (χ4n) is 3.58. The van der Waals surface area contributed by atoms with Crippen molar-refractivity contribution in [2.75, 3.05) is 11.9 Å². The molecule has 9 heteroatoms. The molecule has 0 saturated carbocycles. The van der Waals surface area contributed by atoms with Gasteiger partial charge < -0.3 is 10.2 Å². The van der Waals surface area contributed by atoms with E-state index in [4.69, 9.17) is 0 Å². The number of aryl methyl sites for hydroxylation is 1. The second kappa shape index (κ2) is 8.74. The highest BCUT2D eigenvalue weighted by Crippen LogP contribution is 2.31. The summed E-state index contributed by atoms with van der Waals surface area (Å²) in [5, 5.41) is 3.69. The molecule has 1 atom stereocenters. The second-order valence-corrected chi connectivity index (χ2v) is 8.66. The topological polar surface area (TPSA) is 62.3 Å². The van der Waals surface area contributed by atoms with Gasteiger partial charge in [0.2, 0.25) is 5.91 Å². The average Bonchev–Trinajstić information content (AvgIpc) is 3.38. The Kier molecular flexibility index (Phi) is 6.01. The van der Waals surface area contributed by atoms with Gasteiger partial charge in [-0.1, -0.05) is 6.07 Å². The quantitative estimate of drug-likeness (QED) is 0.525. The smallest absolute Gasteiger partial charge is 0.365 e. The molecule has 4 rings (SSSR count). The molecule has 1 unspecified atom stereocenters. The van der Waals surface area contributed by atoms with Crippen molar-refractivity contribution in [1.29, 1.82) is 0 Å². The van der Waals surface area contributed by atoms with Gasteiger partial charge in [-0.25, -0.2) is 4.98 Å². The van der Waals surface area contributed by atoms with Crippen LogP contribution in [0.5, 0.6) is 0 Å². The number of hydrogen-bond acceptors (Lipinski definition) is 5. The summed E-state index contributed by atoms with van der Waals surface area (Å²) in [7, 11) is 0. The Hall–Kier alpha value is -3.20. The number of halogens is 3. The van der Waals surface area contributed by atoms with Crippen LogP contribution >= 0.6 is 11.3 Å². The van der Waals surface area contributed by atoms with Gasteiger partial charge in [-0.2, -0.15) is 13.2 Å². The first-order valence-electron chi connectivity index (χ1n) is 10.0. The number of rotatable bonds is 5. The van der Waals surface area contributed by atoms with Gasteiger partial charge in [-0.3, -0.25) is 9.59 Å². The minimum atomic E-state index is -4.92. The number of nitrogens with one attached hydrogen (secondary N) is 1. The third kappa shape index (κ3) is 4.83. The molecule has 32 heavy (non-hydrogen) atoms. The van der Waals surface area contributed by atoms with Crippen LogP contribution in [-0.4, -0.2) is 40.3 Å². The van der Waals surface area contributed by atoms with E-state index in [-0.39, 0.29) is 5.91 Å². The van der Waals surface area contributed by atoms with E-state index < -0.39 is 18.0 Å². The predicted octanol–water partition coefficient (Wildman–Crippen LogP) is 5.32. The lowest BCUT2D eigenvalue weighted by molar-refractivity contribution is -0.165. The van der Waals surface area contributed by atoms with E-state index in [9.17, 15) is 22.8 Å². The highest BCUT2D eigenvalue weighted by atomic mass is 32.1. The Morgan fingerprint density at radius 2 is 1.94 bits per heavy atom. The highest BCUT2D eigenvalue weighted by Gasteiger charge is 2.37. The van der Waals surface area contributed by atoms with E-state index in [0.29, 0.717) is 31.1 Å². The van der Waals surface area contributed by atoms with Gasteiger partial charge in [0.25, 0.3) is 5.78 Å². The molecule has 1 aliphatic rings. The summed E-state index contributed by atoms with van der Waals surface area (Å²) in [5.41, 5.74) is 3.62. The fourth-order valence-corrected chi connectivity index (χ4v) is 4.65. The van der Waals surface area contributed by atoms with Gasteiger partial charge in [0.05, 0.1) is 10.2 Å². The zero-order valence-electron chi connectivity index (χ0n) is 17.1. The average molecular weight is 459 g/mol. The zero-order chi connectivity index (χ0) is 22.9. The summed E-state index contributed by atoms with van der Waals surface area (Å²) >= 11 is 1.59. The number of thiazole rings is 1. The van der Waals surface area contributed by atoms with Crippen LogP contribution in [0.1, 0.15) is 18.4 Å². The van der Waals surface area contributed by atoms with E-state index in [0.717, 1.165) is 27.0 Å². The van der Waals surface area contributed by atoms with Gasteiger partial charge in [-0.15, -0.1) is 11.3 Å². The summed E-state index contributed by atoms with van der Waals surface area (Å²) < 4.78 is 38.3. The van der Waals surface area contributed by atoms with Crippen LogP contribution in [0.2, 0.25) is 0 Å². The third-order valence-electron chi connectivity index (χ3n) is 5.24. The van der Waals surface area contributed by atoms with Crippen molar-refractivity contribution in [2.24, 2.45) is 0 Å². The fraction of sp³-hybridized carbons (Fsp3) is 0.261. The van der Waals surface area contributed by atoms with Gasteiger partial charge >= 0.3 is 6.18 Å². The number of amides is 1. The van der Waals surface area contributed by atoms with Crippen LogP contribution in [0, 0.1) is 6.92 Å². The molecule has 0 radical (unpaired) electrons. The first-order valence-corrected chi connectivity index (χ1v) is 10.9. The summed E-state index contributed by atoms with van der Waals surface area (Å²) in [6, 6.07) is 12.8. The summed E-state index contributed by atoms with van der Waals surface area (Å²) in [6.07, 6.45) is -2.24. The number of fused-ring (bicyclic) bond motifs is 1. The SMILES string of the molecule is Cc1ccc2nc(-c3ccc(NC(=O)C4CCCN4/C=C/C(=O)C(F)(F)F)cc3)sc2c1. The monoisotopic (exact) mass is 459 g/mol. The van der Waals surface area contributed by atoms with Crippen LogP contribution in [0.3, 0.4) is 0 Å². The van der Waals surface area contributed by atoms with Crippen LogP contribution < -0.4 is 5.32 Å². The standard InChI is InChI=1S/C23H20F3N3O2S/c1-14-4-9-17-19(13-14)32-22(28-17)15-5-7-16(8-6-15)27-21(31)18-3-2-11-29(18)12-10-20(30)23(24,25)26/h4-10,12-13,18H,2-3,11H2,1H3,(H,27,31)/b12-10+. The summed E-state index contributed by atoms with van der Waals surface area (Å²) in [5.74, 6) is -2.26. The molecule has 166 valence electrons. The number of carbonyl (C=O) groups excluding carboxylic acids is 2. The van der Waals surface area contributed by atoms with Crippen molar-refractivity contribution in [3.63, 3.8) is 0 Å². The second-order valence-electron chi connectivity index (χ2n) is 7.63. The molecule has 1 fully saturated rings. The van der Waals surface area contributed by atoms with Gasteiger partial charge in [-0.05, 0) is 61.7 Å². The van der Waals surface area contributed by atoms with Crippen LogP contribution in [0.4, 0.5) is 18.9 Å². The number of hydrogen-bond donors (Lipinski definition) is 1. The lowest BCUT2D eigenvalue weighted by Crippen LogP contribution is -2.36. The zero-order valence-corrected chi connectivity index (χ0v) is 18.0. The van der Waals surface area contributed by atoms with Crippen LogP contribution in [0.15, 0.2) is 54.7 Å². The number of aromatic nitrogens is 1. The minimum Gasteiger partial charge on any atom is -0.365 e. The Labute approximate surface area is 186 Å². The molecular formula is C23H20F3N3O2S. The number of carbonyl (C=O) groups is 2. The molecule has 1 aromatic heterocycles. The van der Waals surface area contributed by atoms with Crippen LogP contribution in [0.25, 0.3) is 20.8 Å². The van der Waals surface area contributed by atoms with Crippen molar-refractivity contribution >= 4 is 38.9 Å². The maximum Gasteiger partial charge on any atom is 0.454 e. The predicted molar refractivity (Wildman–Crippen MR) is 118 cm³/mol. The van der Waals surface area contributed by atoms with Crippen molar-refractivity contribution in [2.45, 2.75) is 32.0 Å². The molecule has 5 nitrogen and oxygen atoms in total. The van der Waals surface area contributed by atoms with E-state index in [1.807, 2.05) is 31.2 Å². The number of likely N-dealkylation sites (tertiary alicyclic amines) is 1. The Morgan fingerprint density at radius 1 is 1.19 bits per heavy atom. The molecule has 1 amide bonds. The van der Waals surface area contributed by atoms with Gasteiger partial charge in [0, 0.05) is 30.1 Å². The van der Waals surface area contributed by atoms with Crippen molar-refractivity contribution < 1.29 is 22.8 Å². The van der Waals surface area contributed by atoms with Crippen molar-refractivity contribution in [1.82, 2.24) is 9.88 Å². The largest absolute Gasteiger partial charge is 0.454 e. The first-order chi connectivity index (χ1) is 15.2. The third-order valence-corrected chi connectivity index (χ3v) is 6.30. The van der Waals surface area contributed by atoms with E-state index >= 15 is 0 Å². The molecule has 0 aliphatic carbocycles. The molecule has 1 aliphatic heterocycles. The molecule has 2 heterocycles. The van der Waals surface area contributed by atoms with Crippen molar-refractivity contribution in [3.8, 4) is 10.6 Å². The number of ketones is 1. The molecule has 0 spiro atoms. The first kappa shape index (κ1) is 22.0. The minimum absolute atomic E-state index is 0.324. The molecule has 0 bridgehead atoms. The number of alkyl halides is 3. The Balaban J connectivity index is 1.43. The molecular weight excluding hydrogens is 439 g/mol. The summed E-state index contributed by atoms with van der Waals surface area (Å²) in [6.45, 7) is 2.45. The lowest BCUT2D eigenvalue weighted by Gasteiger charge is -2.22. The number of anilines is 1. The molecule has 3 aromatic rings. The lowest BCUT2D eigenvalue weighted by atomic mass is 10.1. The maximum absolute atomic E-state index is 12.7. The van der Waals surface area contributed by atoms with E-state index in [1.54, 1.807) is 23.5 Å². The van der Waals surface area contributed by atoms with E-state index in [1.165, 1.54) is 10.5 Å². The summed E-state index contributed by atoms with van der Waals surface area (Å²) in [4.78, 5) is 29.9. The number of allylic oxidation sites excluding steroid dienone is 1. The number of nitrogens with zero attached hydrogens (tertiary/aromatic N) is 2. The maximum atomic E-state index is 12.7. The highest BCUT2D eigenvalue weighted by molar-refractivity contribution is 7.21. The molecule has 1 N–H and O–H groups in total. The Morgan fingerprint density at radius 3 is 2.66 bits per heavy atom. The molecule has 2 aromatic carbocycles. The van der Waals surface area contributed by atoms with Crippen LogP contribution in [-0.2, 0) is 9.59 Å². The molecule has 1 saturated heterocycles. The van der Waals surface area contributed by atoms with Crippen molar-refractivity contribution in [3.05, 3.63) is 60.3 Å². The number of benzene rings is 2. The van der Waals surface area contributed by atoms with E-state index in [2.05, 4.69) is 16.4 Å². The normalized spacial score (nSPS) is 16.8.